The number of alkyl halides is 3. The van der Waals surface area contributed by atoms with E-state index >= 15 is 0 Å². The number of benzene rings is 2. The molecule has 6 nitrogen and oxygen atoms in total. The summed E-state index contributed by atoms with van der Waals surface area (Å²) in [6.07, 6.45) is -1.10. The van der Waals surface area contributed by atoms with Gasteiger partial charge < -0.3 is 10.6 Å². The second kappa shape index (κ2) is 7.91. The van der Waals surface area contributed by atoms with Gasteiger partial charge in [0.05, 0.1) is 4.92 Å². The van der Waals surface area contributed by atoms with Crippen molar-refractivity contribution in [3.05, 3.63) is 69.8 Å². The van der Waals surface area contributed by atoms with Gasteiger partial charge in [0.25, 0.3) is 11.6 Å². The van der Waals surface area contributed by atoms with Crippen molar-refractivity contribution < 1.29 is 9.72 Å². The van der Waals surface area contributed by atoms with Crippen molar-refractivity contribution >= 4 is 52.1 Å². The van der Waals surface area contributed by atoms with Crippen LogP contribution < -0.4 is 10.6 Å². The van der Waals surface area contributed by atoms with Gasteiger partial charge in [0.1, 0.15) is 11.7 Å². The van der Waals surface area contributed by atoms with E-state index in [1.165, 1.54) is 24.3 Å². The molecule has 0 aliphatic carbocycles. The van der Waals surface area contributed by atoms with Gasteiger partial charge in [0.15, 0.2) is 0 Å². The molecular formula is C16H14Cl3N3O3. The monoisotopic (exact) mass is 401 g/mol. The van der Waals surface area contributed by atoms with Crippen LogP contribution in [0, 0.1) is 17.0 Å². The standard InChI is InChI=1S/C16H14Cl3N3O3/c1-10-6-8-11(9-7-10)20-15(16(17,18)19)21-14(23)12-4-2-3-5-13(12)22(24)25/h2-9,15,20H,1H3,(H,21,23)/t15-/m1/s1. The van der Waals surface area contributed by atoms with E-state index in [0.717, 1.165) is 5.56 Å². The number of halogens is 3. The van der Waals surface area contributed by atoms with Gasteiger partial charge >= 0.3 is 0 Å². The van der Waals surface area contributed by atoms with Gasteiger partial charge in [-0.15, -0.1) is 0 Å². The number of nitrogens with one attached hydrogen (secondary N) is 2. The Balaban J connectivity index is 2.24. The quantitative estimate of drug-likeness (QED) is 0.335. The van der Waals surface area contributed by atoms with E-state index in [1.807, 2.05) is 19.1 Å². The average molecular weight is 403 g/mol. The number of hydrogen-bond acceptors (Lipinski definition) is 4. The summed E-state index contributed by atoms with van der Waals surface area (Å²) in [4.78, 5) is 22.9. The first-order valence-electron chi connectivity index (χ1n) is 7.12. The smallest absolute Gasteiger partial charge is 0.282 e. The van der Waals surface area contributed by atoms with Crippen LogP contribution in [-0.2, 0) is 0 Å². The fourth-order valence-electron chi connectivity index (χ4n) is 2.05. The zero-order valence-electron chi connectivity index (χ0n) is 13.0. The summed E-state index contributed by atoms with van der Waals surface area (Å²) in [5.74, 6) is -0.733. The first-order valence-corrected chi connectivity index (χ1v) is 8.26. The first-order chi connectivity index (χ1) is 11.7. The molecule has 132 valence electrons. The highest BCUT2D eigenvalue weighted by Crippen LogP contribution is 2.31. The minimum absolute atomic E-state index is 0.127. The Bertz CT molecular complexity index is 776. The summed E-state index contributed by atoms with van der Waals surface area (Å²) >= 11 is 17.8. The highest BCUT2D eigenvalue weighted by molar-refractivity contribution is 6.68. The summed E-state index contributed by atoms with van der Waals surface area (Å²) in [6, 6.07) is 12.8. The molecule has 2 aromatic carbocycles. The van der Waals surface area contributed by atoms with Gasteiger partial charge in [-0.2, -0.15) is 0 Å². The number of rotatable bonds is 5. The third kappa shape index (κ3) is 5.22. The van der Waals surface area contributed by atoms with Gasteiger partial charge in [-0.3, -0.25) is 14.9 Å². The van der Waals surface area contributed by atoms with Crippen molar-refractivity contribution in [3.63, 3.8) is 0 Å². The van der Waals surface area contributed by atoms with Gasteiger partial charge in [-0.05, 0) is 25.1 Å². The maximum Gasteiger partial charge on any atom is 0.282 e. The number of amides is 1. The summed E-state index contributed by atoms with van der Waals surface area (Å²) < 4.78 is -1.88. The van der Waals surface area contributed by atoms with Gasteiger partial charge in [-0.1, -0.05) is 64.6 Å². The van der Waals surface area contributed by atoms with Crippen molar-refractivity contribution in [1.29, 1.82) is 0 Å². The number of carbonyl (C=O) groups is 1. The molecule has 0 fully saturated rings. The molecule has 1 atom stereocenters. The molecule has 0 saturated carbocycles. The van der Waals surface area contributed by atoms with Crippen LogP contribution in [0.5, 0.6) is 0 Å². The zero-order valence-corrected chi connectivity index (χ0v) is 15.3. The number of para-hydroxylation sites is 1. The molecule has 0 unspecified atom stereocenters. The minimum Gasteiger partial charge on any atom is -0.362 e. The molecule has 1 amide bonds. The topological polar surface area (TPSA) is 84.3 Å². The van der Waals surface area contributed by atoms with E-state index < -0.39 is 20.8 Å². The Kier molecular flexibility index (Phi) is 6.11. The van der Waals surface area contributed by atoms with E-state index in [9.17, 15) is 14.9 Å². The molecule has 0 aliphatic heterocycles. The number of nitrogens with zero attached hydrogens (tertiary/aromatic N) is 1. The van der Waals surface area contributed by atoms with E-state index in [2.05, 4.69) is 10.6 Å². The van der Waals surface area contributed by atoms with Crippen molar-refractivity contribution in [3.8, 4) is 0 Å². The minimum atomic E-state index is -1.88. The number of hydrogen-bond donors (Lipinski definition) is 2. The molecule has 2 aromatic rings. The van der Waals surface area contributed by atoms with Crippen molar-refractivity contribution in [2.75, 3.05) is 5.32 Å². The lowest BCUT2D eigenvalue weighted by Crippen LogP contribution is -2.49. The van der Waals surface area contributed by atoms with Crippen LogP contribution in [0.15, 0.2) is 48.5 Å². The van der Waals surface area contributed by atoms with E-state index in [-0.39, 0.29) is 11.3 Å². The normalized spacial score (nSPS) is 12.3. The Hall–Kier alpha value is -2.02. The van der Waals surface area contributed by atoms with Crippen molar-refractivity contribution in [1.82, 2.24) is 5.32 Å². The van der Waals surface area contributed by atoms with Crippen LogP contribution in [0.2, 0.25) is 0 Å². The van der Waals surface area contributed by atoms with Crippen molar-refractivity contribution in [2.45, 2.75) is 16.9 Å². The molecule has 25 heavy (non-hydrogen) atoms. The fraction of sp³-hybridized carbons (Fsp3) is 0.188. The zero-order chi connectivity index (χ0) is 18.6. The predicted octanol–water partition coefficient (Wildman–Crippen LogP) is 4.44. The third-order valence-electron chi connectivity index (χ3n) is 3.31. The molecule has 0 heterocycles. The fourth-order valence-corrected chi connectivity index (χ4v) is 2.38. The van der Waals surface area contributed by atoms with E-state index in [0.29, 0.717) is 5.69 Å². The SMILES string of the molecule is Cc1ccc(N[C@H](NC(=O)c2ccccc2[N+](=O)[O-])C(Cl)(Cl)Cl)cc1. The van der Waals surface area contributed by atoms with E-state index in [4.69, 9.17) is 34.8 Å². The summed E-state index contributed by atoms with van der Waals surface area (Å²) in [6.45, 7) is 1.92. The number of anilines is 1. The van der Waals surface area contributed by atoms with Crippen molar-refractivity contribution in [2.24, 2.45) is 0 Å². The predicted molar refractivity (Wildman–Crippen MR) is 99.4 cm³/mol. The number of nitro benzene ring substituents is 1. The van der Waals surface area contributed by atoms with Crippen LogP contribution in [0.3, 0.4) is 0 Å². The largest absolute Gasteiger partial charge is 0.362 e. The van der Waals surface area contributed by atoms with Gasteiger partial charge in [0, 0.05) is 11.8 Å². The van der Waals surface area contributed by atoms with Gasteiger partial charge in [0.2, 0.25) is 3.79 Å². The highest BCUT2D eigenvalue weighted by atomic mass is 35.6. The molecule has 0 aliphatic rings. The Labute approximate surface area is 159 Å². The lowest BCUT2D eigenvalue weighted by atomic mass is 10.1. The first kappa shape index (κ1) is 19.3. The molecule has 0 saturated heterocycles. The number of nitro groups is 1. The molecule has 0 radical (unpaired) electrons. The number of aryl methyl sites for hydroxylation is 1. The van der Waals surface area contributed by atoms with E-state index in [1.54, 1.807) is 12.1 Å². The number of carbonyl (C=O) groups excluding carboxylic acids is 1. The molecule has 2 rings (SSSR count). The molecule has 9 heteroatoms. The van der Waals surface area contributed by atoms with Crippen LogP contribution in [0.1, 0.15) is 15.9 Å². The molecule has 2 N–H and O–H groups in total. The second-order valence-electron chi connectivity index (χ2n) is 5.23. The third-order valence-corrected chi connectivity index (χ3v) is 3.97. The summed E-state index contributed by atoms with van der Waals surface area (Å²) in [5, 5.41) is 16.4. The average Bonchev–Trinajstić information content (AvgIpc) is 2.55. The molecule has 0 aromatic heterocycles. The second-order valence-corrected chi connectivity index (χ2v) is 7.60. The Morgan fingerprint density at radius 1 is 1.12 bits per heavy atom. The lowest BCUT2D eigenvalue weighted by Gasteiger charge is -2.27. The maximum atomic E-state index is 12.4. The molecule has 0 bridgehead atoms. The summed E-state index contributed by atoms with van der Waals surface area (Å²) in [7, 11) is 0. The van der Waals surface area contributed by atoms with Crippen LogP contribution in [0.4, 0.5) is 11.4 Å². The lowest BCUT2D eigenvalue weighted by molar-refractivity contribution is -0.385. The Morgan fingerprint density at radius 2 is 1.72 bits per heavy atom. The maximum absolute atomic E-state index is 12.4. The summed E-state index contributed by atoms with van der Waals surface area (Å²) in [5.41, 5.74) is 1.19. The molecular weight excluding hydrogens is 389 g/mol. The van der Waals surface area contributed by atoms with Gasteiger partial charge in [-0.25, -0.2) is 0 Å². The van der Waals surface area contributed by atoms with Crippen LogP contribution in [0.25, 0.3) is 0 Å². The Morgan fingerprint density at radius 3 is 2.28 bits per heavy atom. The van der Waals surface area contributed by atoms with Crippen LogP contribution >= 0.6 is 34.8 Å². The molecule has 0 spiro atoms. The highest BCUT2D eigenvalue weighted by Gasteiger charge is 2.35. The van der Waals surface area contributed by atoms with Crippen LogP contribution in [-0.4, -0.2) is 20.8 Å².